The molecule has 1 unspecified atom stereocenters. The summed E-state index contributed by atoms with van der Waals surface area (Å²) in [5, 5.41) is 6.16. The maximum Gasteiger partial charge on any atom is 0.337 e. The molecule has 1 aliphatic rings. The standard InChI is InChI=1S/C15H20N2O3/c1-15(7-8-16-10-15)14(19)17-9-11-3-5-12(6-4-11)13(18)20-2/h3-6,16H,7-10H2,1-2H3,(H,17,19). The highest BCUT2D eigenvalue weighted by Gasteiger charge is 2.35. The molecule has 0 aliphatic carbocycles. The zero-order valence-electron chi connectivity index (χ0n) is 11.9. The molecule has 1 fully saturated rings. The molecule has 2 rings (SSSR count). The van der Waals surface area contributed by atoms with E-state index in [0.717, 1.165) is 25.1 Å². The summed E-state index contributed by atoms with van der Waals surface area (Å²) in [6.07, 6.45) is 0.861. The first-order valence-electron chi connectivity index (χ1n) is 6.71. The molecule has 0 bridgehead atoms. The Kier molecular flexibility index (Phi) is 4.39. The highest BCUT2D eigenvalue weighted by Crippen LogP contribution is 2.24. The Hall–Kier alpha value is -1.88. The quantitative estimate of drug-likeness (QED) is 0.808. The van der Waals surface area contributed by atoms with Crippen molar-refractivity contribution in [1.82, 2.24) is 10.6 Å². The lowest BCUT2D eigenvalue weighted by Crippen LogP contribution is -2.40. The highest BCUT2D eigenvalue weighted by molar-refractivity contribution is 5.89. The molecule has 1 saturated heterocycles. The van der Waals surface area contributed by atoms with Crippen LogP contribution >= 0.6 is 0 Å². The summed E-state index contributed by atoms with van der Waals surface area (Å²) in [7, 11) is 1.35. The number of amides is 1. The smallest absolute Gasteiger partial charge is 0.337 e. The molecule has 5 nitrogen and oxygen atoms in total. The minimum Gasteiger partial charge on any atom is -0.465 e. The van der Waals surface area contributed by atoms with E-state index in [1.165, 1.54) is 7.11 Å². The van der Waals surface area contributed by atoms with Crippen molar-refractivity contribution in [2.45, 2.75) is 19.9 Å². The third-order valence-electron chi connectivity index (χ3n) is 3.74. The average Bonchev–Trinajstić information content (AvgIpc) is 2.92. The van der Waals surface area contributed by atoms with Crippen LogP contribution in [0.25, 0.3) is 0 Å². The molecular formula is C15H20N2O3. The van der Waals surface area contributed by atoms with Crippen LogP contribution in [0.4, 0.5) is 0 Å². The number of carbonyl (C=O) groups is 2. The Balaban J connectivity index is 1.91. The lowest BCUT2D eigenvalue weighted by molar-refractivity contribution is -0.129. The fourth-order valence-corrected chi connectivity index (χ4v) is 2.28. The molecule has 0 spiro atoms. The zero-order chi connectivity index (χ0) is 14.6. The van der Waals surface area contributed by atoms with Crippen LogP contribution in [0.3, 0.4) is 0 Å². The first kappa shape index (κ1) is 14.5. The normalized spacial score (nSPS) is 21.5. The fraction of sp³-hybridized carbons (Fsp3) is 0.467. The van der Waals surface area contributed by atoms with Gasteiger partial charge >= 0.3 is 5.97 Å². The lowest BCUT2D eigenvalue weighted by atomic mass is 9.89. The molecule has 0 radical (unpaired) electrons. The van der Waals surface area contributed by atoms with Crippen molar-refractivity contribution in [3.05, 3.63) is 35.4 Å². The van der Waals surface area contributed by atoms with Crippen LogP contribution in [-0.2, 0) is 16.1 Å². The highest BCUT2D eigenvalue weighted by atomic mass is 16.5. The molecule has 1 heterocycles. The van der Waals surface area contributed by atoms with E-state index in [-0.39, 0.29) is 17.3 Å². The molecule has 1 aliphatic heterocycles. The topological polar surface area (TPSA) is 67.4 Å². The number of carbonyl (C=O) groups excluding carboxylic acids is 2. The largest absolute Gasteiger partial charge is 0.465 e. The Labute approximate surface area is 118 Å². The second kappa shape index (κ2) is 6.05. The van der Waals surface area contributed by atoms with Gasteiger partial charge in [-0.2, -0.15) is 0 Å². The second-order valence-electron chi connectivity index (χ2n) is 5.36. The molecule has 0 aromatic heterocycles. The van der Waals surface area contributed by atoms with Gasteiger partial charge in [-0.1, -0.05) is 12.1 Å². The van der Waals surface area contributed by atoms with Gasteiger partial charge in [-0.25, -0.2) is 4.79 Å². The summed E-state index contributed by atoms with van der Waals surface area (Å²) in [5.41, 5.74) is 1.15. The molecule has 1 aromatic rings. The van der Waals surface area contributed by atoms with Crippen molar-refractivity contribution < 1.29 is 14.3 Å². The van der Waals surface area contributed by atoms with Crippen molar-refractivity contribution in [2.24, 2.45) is 5.41 Å². The van der Waals surface area contributed by atoms with Gasteiger partial charge in [0.15, 0.2) is 0 Å². The summed E-state index contributed by atoms with van der Waals surface area (Å²) >= 11 is 0. The molecule has 1 atom stereocenters. The van der Waals surface area contributed by atoms with E-state index in [1.807, 2.05) is 19.1 Å². The summed E-state index contributed by atoms with van der Waals surface area (Å²) in [5.74, 6) is -0.287. The zero-order valence-corrected chi connectivity index (χ0v) is 11.9. The van der Waals surface area contributed by atoms with Gasteiger partial charge in [0.2, 0.25) is 5.91 Å². The van der Waals surface area contributed by atoms with Gasteiger partial charge < -0.3 is 15.4 Å². The number of nitrogens with one attached hydrogen (secondary N) is 2. The van der Waals surface area contributed by atoms with Crippen LogP contribution in [0, 0.1) is 5.41 Å². The van der Waals surface area contributed by atoms with E-state index in [2.05, 4.69) is 15.4 Å². The number of hydrogen-bond acceptors (Lipinski definition) is 4. The monoisotopic (exact) mass is 276 g/mol. The molecule has 20 heavy (non-hydrogen) atoms. The van der Waals surface area contributed by atoms with Gasteiger partial charge in [0.25, 0.3) is 0 Å². The van der Waals surface area contributed by atoms with E-state index >= 15 is 0 Å². The summed E-state index contributed by atoms with van der Waals surface area (Å²) < 4.78 is 4.64. The minimum absolute atomic E-state index is 0.0690. The predicted octanol–water partition coefficient (Wildman–Crippen LogP) is 1.09. The van der Waals surface area contributed by atoms with Crippen LogP contribution in [0.1, 0.15) is 29.3 Å². The lowest BCUT2D eigenvalue weighted by Gasteiger charge is -2.21. The maximum absolute atomic E-state index is 12.1. The van der Waals surface area contributed by atoms with E-state index in [4.69, 9.17) is 0 Å². The Morgan fingerprint density at radius 1 is 1.35 bits per heavy atom. The fourth-order valence-electron chi connectivity index (χ4n) is 2.28. The van der Waals surface area contributed by atoms with Gasteiger partial charge in [-0.15, -0.1) is 0 Å². The molecule has 2 N–H and O–H groups in total. The van der Waals surface area contributed by atoms with Crippen LogP contribution in [0.5, 0.6) is 0 Å². The van der Waals surface area contributed by atoms with Gasteiger partial charge in [-0.05, 0) is 37.6 Å². The summed E-state index contributed by atoms with van der Waals surface area (Å²) in [4.78, 5) is 23.4. The predicted molar refractivity (Wildman–Crippen MR) is 75.2 cm³/mol. The Bertz CT molecular complexity index is 490. The van der Waals surface area contributed by atoms with Gasteiger partial charge in [0.1, 0.15) is 0 Å². The number of ether oxygens (including phenoxy) is 1. The molecule has 1 aromatic carbocycles. The molecule has 1 amide bonds. The number of methoxy groups -OCH3 is 1. The number of benzene rings is 1. The summed E-state index contributed by atoms with van der Waals surface area (Å²) in [6, 6.07) is 7.04. The third-order valence-corrected chi connectivity index (χ3v) is 3.74. The first-order chi connectivity index (χ1) is 9.55. The Morgan fingerprint density at radius 2 is 2.05 bits per heavy atom. The van der Waals surface area contributed by atoms with E-state index in [0.29, 0.717) is 12.1 Å². The van der Waals surface area contributed by atoms with Gasteiger partial charge in [0.05, 0.1) is 18.1 Å². The van der Waals surface area contributed by atoms with Crippen molar-refractivity contribution in [3.63, 3.8) is 0 Å². The summed E-state index contributed by atoms with van der Waals surface area (Å²) in [6.45, 7) is 4.05. The van der Waals surface area contributed by atoms with E-state index in [9.17, 15) is 9.59 Å². The molecular weight excluding hydrogens is 256 g/mol. The SMILES string of the molecule is COC(=O)c1ccc(CNC(=O)C2(C)CCNC2)cc1. The molecule has 108 valence electrons. The van der Waals surface area contributed by atoms with Crippen molar-refractivity contribution >= 4 is 11.9 Å². The number of hydrogen-bond donors (Lipinski definition) is 2. The third kappa shape index (κ3) is 3.17. The van der Waals surface area contributed by atoms with Crippen molar-refractivity contribution in [1.29, 1.82) is 0 Å². The van der Waals surface area contributed by atoms with Crippen LogP contribution in [0.2, 0.25) is 0 Å². The molecule has 0 saturated carbocycles. The van der Waals surface area contributed by atoms with Crippen molar-refractivity contribution in [2.75, 3.05) is 20.2 Å². The minimum atomic E-state index is -0.356. The average molecular weight is 276 g/mol. The van der Waals surface area contributed by atoms with Crippen LogP contribution in [0.15, 0.2) is 24.3 Å². The molecule has 5 heteroatoms. The van der Waals surface area contributed by atoms with Gasteiger partial charge in [-0.3, -0.25) is 4.79 Å². The first-order valence-corrected chi connectivity index (χ1v) is 6.71. The second-order valence-corrected chi connectivity index (χ2v) is 5.36. The number of esters is 1. The van der Waals surface area contributed by atoms with Crippen LogP contribution < -0.4 is 10.6 Å². The number of rotatable bonds is 4. The van der Waals surface area contributed by atoms with Crippen LogP contribution in [-0.4, -0.2) is 32.1 Å². The van der Waals surface area contributed by atoms with Gasteiger partial charge in [0, 0.05) is 13.1 Å². The Morgan fingerprint density at radius 3 is 2.60 bits per heavy atom. The van der Waals surface area contributed by atoms with E-state index in [1.54, 1.807) is 12.1 Å². The van der Waals surface area contributed by atoms with Crippen molar-refractivity contribution in [3.8, 4) is 0 Å². The maximum atomic E-state index is 12.1. The van der Waals surface area contributed by atoms with E-state index < -0.39 is 0 Å².